The van der Waals surface area contributed by atoms with Crippen LogP contribution >= 0.6 is 0 Å². The topological polar surface area (TPSA) is 73.8 Å². The van der Waals surface area contributed by atoms with Crippen molar-refractivity contribution in [2.45, 2.75) is 6.92 Å². The zero-order chi connectivity index (χ0) is 10.8. The van der Waals surface area contributed by atoms with Crippen LogP contribution in [0.3, 0.4) is 0 Å². The molecule has 0 atom stereocenters. The highest BCUT2D eigenvalue weighted by Crippen LogP contribution is 2.14. The molecule has 2 N–H and O–H groups in total. The first kappa shape index (κ1) is 9.39. The average molecular weight is 202 g/mol. The van der Waals surface area contributed by atoms with Gasteiger partial charge in [0, 0.05) is 0 Å². The molecule has 0 spiro atoms. The Balaban J connectivity index is 2.63. The zero-order valence-electron chi connectivity index (χ0n) is 8.21. The van der Waals surface area contributed by atoms with Crippen molar-refractivity contribution in [3.8, 4) is 5.69 Å². The van der Waals surface area contributed by atoms with Crippen LogP contribution in [0.2, 0.25) is 0 Å². The molecule has 1 heterocycles. The molecule has 0 aliphatic rings. The van der Waals surface area contributed by atoms with E-state index in [9.17, 15) is 4.79 Å². The van der Waals surface area contributed by atoms with Crippen LogP contribution < -0.4 is 5.73 Å². The van der Waals surface area contributed by atoms with Gasteiger partial charge in [-0.2, -0.15) is 5.10 Å². The third-order valence-corrected chi connectivity index (χ3v) is 2.08. The van der Waals surface area contributed by atoms with Gasteiger partial charge in [0.1, 0.15) is 12.7 Å². The maximum absolute atomic E-state index is 11.2. The van der Waals surface area contributed by atoms with Gasteiger partial charge in [-0.3, -0.25) is 4.79 Å². The molecule has 2 rings (SSSR count). The van der Waals surface area contributed by atoms with Crippen molar-refractivity contribution in [2.75, 3.05) is 0 Å². The molecule has 5 heteroatoms. The van der Waals surface area contributed by atoms with Crippen LogP contribution in [-0.4, -0.2) is 20.7 Å². The summed E-state index contributed by atoms with van der Waals surface area (Å²) >= 11 is 0. The minimum Gasteiger partial charge on any atom is -0.366 e. The van der Waals surface area contributed by atoms with Gasteiger partial charge in [0.15, 0.2) is 0 Å². The van der Waals surface area contributed by atoms with E-state index < -0.39 is 5.91 Å². The molecule has 1 amide bonds. The summed E-state index contributed by atoms with van der Waals surface area (Å²) in [5, 5.41) is 3.97. The van der Waals surface area contributed by atoms with Gasteiger partial charge in [0.25, 0.3) is 5.91 Å². The lowest BCUT2D eigenvalue weighted by Gasteiger charge is -2.06. The summed E-state index contributed by atoms with van der Waals surface area (Å²) in [4.78, 5) is 15.0. The molecule has 0 saturated carbocycles. The number of rotatable bonds is 2. The molecule has 0 bridgehead atoms. The van der Waals surface area contributed by atoms with E-state index in [1.54, 1.807) is 6.07 Å². The van der Waals surface area contributed by atoms with Crippen LogP contribution in [0.4, 0.5) is 0 Å². The van der Waals surface area contributed by atoms with Crippen LogP contribution in [-0.2, 0) is 0 Å². The van der Waals surface area contributed by atoms with Gasteiger partial charge >= 0.3 is 0 Å². The van der Waals surface area contributed by atoms with Gasteiger partial charge in [0.05, 0.1) is 11.3 Å². The number of hydrogen-bond acceptors (Lipinski definition) is 3. The fourth-order valence-electron chi connectivity index (χ4n) is 1.37. The molecule has 0 fully saturated rings. The number of carbonyl (C=O) groups excluding carboxylic acids is 1. The lowest BCUT2D eigenvalue weighted by Crippen LogP contribution is -2.15. The number of nitrogens with two attached hydrogens (primary N) is 1. The molecular weight excluding hydrogens is 192 g/mol. The molecule has 0 radical (unpaired) electrons. The van der Waals surface area contributed by atoms with E-state index in [1.165, 1.54) is 17.3 Å². The lowest BCUT2D eigenvalue weighted by molar-refractivity contribution is 0.1000. The van der Waals surface area contributed by atoms with E-state index >= 15 is 0 Å². The first-order valence-electron chi connectivity index (χ1n) is 4.44. The fourth-order valence-corrected chi connectivity index (χ4v) is 1.37. The molecule has 0 aliphatic carbocycles. The highest BCUT2D eigenvalue weighted by Gasteiger charge is 2.09. The van der Waals surface area contributed by atoms with Gasteiger partial charge in [-0.05, 0) is 24.6 Å². The number of carbonyl (C=O) groups is 1. The smallest absolute Gasteiger partial charge is 0.250 e. The van der Waals surface area contributed by atoms with Crippen LogP contribution in [0.15, 0.2) is 30.9 Å². The number of nitrogens with zero attached hydrogens (tertiary/aromatic N) is 3. The highest BCUT2D eigenvalue weighted by molar-refractivity contribution is 5.96. The largest absolute Gasteiger partial charge is 0.366 e. The van der Waals surface area contributed by atoms with Crippen molar-refractivity contribution in [2.24, 2.45) is 5.73 Å². The van der Waals surface area contributed by atoms with E-state index in [0.717, 1.165) is 5.56 Å². The van der Waals surface area contributed by atoms with E-state index in [-0.39, 0.29) is 0 Å². The molecule has 0 aliphatic heterocycles. The first-order valence-corrected chi connectivity index (χ1v) is 4.44. The molecular formula is C10H10N4O. The summed E-state index contributed by atoms with van der Waals surface area (Å²) in [6.07, 6.45) is 2.94. The predicted molar refractivity (Wildman–Crippen MR) is 54.6 cm³/mol. The maximum atomic E-state index is 11.2. The number of aryl methyl sites for hydroxylation is 1. The summed E-state index contributed by atoms with van der Waals surface area (Å²) in [5.41, 5.74) is 7.39. The Morgan fingerprint density at radius 3 is 2.87 bits per heavy atom. The fraction of sp³-hybridized carbons (Fsp3) is 0.100. The normalized spacial score (nSPS) is 10.2. The van der Waals surface area contributed by atoms with Crippen molar-refractivity contribution in [1.82, 2.24) is 14.8 Å². The molecule has 15 heavy (non-hydrogen) atoms. The number of hydrogen-bond donors (Lipinski definition) is 1. The minimum absolute atomic E-state index is 0.436. The Kier molecular flexibility index (Phi) is 2.21. The Labute approximate surface area is 86.5 Å². The average Bonchev–Trinajstić information content (AvgIpc) is 2.69. The number of benzene rings is 1. The van der Waals surface area contributed by atoms with Crippen molar-refractivity contribution in [1.29, 1.82) is 0 Å². The standard InChI is InChI=1S/C10H10N4O/c1-7-2-3-8(10(11)15)9(4-7)14-6-12-5-13-14/h2-6H,1H3,(H2,11,15). The zero-order valence-corrected chi connectivity index (χ0v) is 8.21. The van der Waals surface area contributed by atoms with E-state index in [0.29, 0.717) is 11.3 Å². The monoisotopic (exact) mass is 202 g/mol. The summed E-state index contributed by atoms with van der Waals surface area (Å²) in [5.74, 6) is -0.472. The second kappa shape index (κ2) is 3.53. The Bertz CT molecular complexity index is 490. The third-order valence-electron chi connectivity index (χ3n) is 2.08. The van der Waals surface area contributed by atoms with Crippen LogP contribution in [0.1, 0.15) is 15.9 Å². The molecule has 76 valence electrons. The molecule has 0 saturated heterocycles. The molecule has 1 aromatic carbocycles. The van der Waals surface area contributed by atoms with Crippen molar-refractivity contribution in [3.05, 3.63) is 42.0 Å². The summed E-state index contributed by atoms with van der Waals surface area (Å²) in [6.45, 7) is 1.94. The van der Waals surface area contributed by atoms with Crippen LogP contribution in [0, 0.1) is 6.92 Å². The highest BCUT2D eigenvalue weighted by atomic mass is 16.1. The maximum Gasteiger partial charge on any atom is 0.250 e. The summed E-state index contributed by atoms with van der Waals surface area (Å²) in [6, 6.07) is 5.37. The van der Waals surface area contributed by atoms with E-state index in [2.05, 4.69) is 10.1 Å². The quantitative estimate of drug-likeness (QED) is 0.778. The Morgan fingerprint density at radius 1 is 1.47 bits per heavy atom. The molecule has 5 nitrogen and oxygen atoms in total. The predicted octanol–water partition coefficient (Wildman–Crippen LogP) is 0.675. The second-order valence-corrected chi connectivity index (χ2v) is 3.22. The molecule has 2 aromatic rings. The van der Waals surface area contributed by atoms with Gasteiger partial charge in [-0.1, -0.05) is 6.07 Å². The van der Waals surface area contributed by atoms with E-state index in [1.807, 2.05) is 19.1 Å². The van der Waals surface area contributed by atoms with Gasteiger partial charge in [0.2, 0.25) is 0 Å². The van der Waals surface area contributed by atoms with Crippen molar-refractivity contribution in [3.63, 3.8) is 0 Å². The Morgan fingerprint density at radius 2 is 2.27 bits per heavy atom. The molecule has 0 unspecified atom stereocenters. The lowest BCUT2D eigenvalue weighted by atomic mass is 10.1. The third kappa shape index (κ3) is 1.71. The van der Waals surface area contributed by atoms with Gasteiger partial charge in [-0.15, -0.1) is 0 Å². The summed E-state index contributed by atoms with van der Waals surface area (Å²) in [7, 11) is 0. The minimum atomic E-state index is -0.472. The van der Waals surface area contributed by atoms with Gasteiger partial charge < -0.3 is 5.73 Å². The number of aromatic nitrogens is 3. The van der Waals surface area contributed by atoms with Crippen molar-refractivity contribution < 1.29 is 4.79 Å². The van der Waals surface area contributed by atoms with Gasteiger partial charge in [-0.25, -0.2) is 9.67 Å². The Hall–Kier alpha value is -2.17. The molecule has 1 aromatic heterocycles. The summed E-state index contributed by atoms with van der Waals surface area (Å²) < 4.78 is 1.52. The van der Waals surface area contributed by atoms with Crippen LogP contribution in [0.25, 0.3) is 5.69 Å². The number of amides is 1. The van der Waals surface area contributed by atoms with Crippen molar-refractivity contribution >= 4 is 5.91 Å². The van der Waals surface area contributed by atoms with Crippen LogP contribution in [0.5, 0.6) is 0 Å². The SMILES string of the molecule is Cc1ccc(C(N)=O)c(-n2cncn2)c1. The number of primary amides is 1. The van der Waals surface area contributed by atoms with E-state index in [4.69, 9.17) is 5.73 Å². The first-order chi connectivity index (χ1) is 7.18. The second-order valence-electron chi connectivity index (χ2n) is 3.22.